The molecular weight excluding hydrogens is 396 g/mol. The fraction of sp³-hybridized carbons (Fsp3) is 0.167. The van der Waals surface area contributed by atoms with E-state index in [4.69, 9.17) is 0 Å². The quantitative estimate of drug-likeness (QED) is 0.419. The van der Waals surface area contributed by atoms with E-state index in [9.17, 15) is 20.2 Å². The van der Waals surface area contributed by atoms with Gasteiger partial charge in [0, 0.05) is 17.5 Å². The van der Waals surface area contributed by atoms with Crippen LogP contribution in [0.2, 0.25) is 0 Å². The Morgan fingerprint density at radius 1 is 0.800 bits per heavy atom. The van der Waals surface area contributed by atoms with Crippen molar-refractivity contribution in [2.24, 2.45) is 0 Å². The first-order valence-corrected chi connectivity index (χ1v) is 7.43. The first kappa shape index (κ1) is 13.4. The maximum absolute atomic E-state index is 11.2. The normalized spacial score (nSPS) is 20.3. The van der Waals surface area contributed by atoms with Gasteiger partial charge in [-0.2, -0.15) is 0 Å². The van der Waals surface area contributed by atoms with E-state index in [1.165, 1.54) is 12.1 Å². The summed E-state index contributed by atoms with van der Waals surface area (Å²) in [5.41, 5.74) is 1.18. The number of nitro benzene ring substituents is 2. The fourth-order valence-corrected chi connectivity index (χ4v) is 3.93. The zero-order valence-corrected chi connectivity index (χ0v) is 12.9. The SMILES string of the molecule is O=[N+]([O-])c1ccc2c3c(ccc([N+](=O)[O-])c13)[C@H](Br)[C@H]2Br. The summed E-state index contributed by atoms with van der Waals surface area (Å²) < 4.78 is 0. The lowest BCUT2D eigenvalue weighted by Crippen LogP contribution is -1.96. The van der Waals surface area contributed by atoms with Crippen molar-refractivity contribution in [3.05, 3.63) is 55.6 Å². The van der Waals surface area contributed by atoms with Gasteiger partial charge in [0.25, 0.3) is 11.4 Å². The Morgan fingerprint density at radius 3 is 1.55 bits per heavy atom. The molecule has 0 aliphatic heterocycles. The molecule has 0 bridgehead atoms. The molecule has 0 amide bonds. The molecule has 2 aromatic carbocycles. The minimum absolute atomic E-state index is 0.0668. The van der Waals surface area contributed by atoms with Crippen molar-refractivity contribution in [3.63, 3.8) is 0 Å². The van der Waals surface area contributed by atoms with Crippen LogP contribution in [-0.4, -0.2) is 9.85 Å². The second-order valence-corrected chi connectivity index (χ2v) is 6.39. The minimum Gasteiger partial charge on any atom is -0.258 e. The van der Waals surface area contributed by atoms with Crippen LogP contribution < -0.4 is 0 Å². The molecule has 20 heavy (non-hydrogen) atoms. The maximum Gasteiger partial charge on any atom is 0.284 e. The highest BCUT2D eigenvalue weighted by Gasteiger charge is 2.36. The lowest BCUT2D eigenvalue weighted by atomic mass is 10.0. The van der Waals surface area contributed by atoms with Gasteiger partial charge < -0.3 is 0 Å². The molecule has 6 nitrogen and oxygen atoms in total. The molecular formula is C12H6Br2N2O4. The van der Waals surface area contributed by atoms with E-state index in [1.54, 1.807) is 12.1 Å². The zero-order valence-electron chi connectivity index (χ0n) is 9.75. The van der Waals surface area contributed by atoms with Crippen molar-refractivity contribution in [1.29, 1.82) is 0 Å². The number of alkyl halides is 2. The molecule has 3 rings (SSSR count). The molecule has 0 heterocycles. The second kappa shape index (κ2) is 4.49. The zero-order chi connectivity index (χ0) is 14.6. The van der Waals surface area contributed by atoms with E-state index >= 15 is 0 Å². The van der Waals surface area contributed by atoms with Crippen LogP contribution in [0.5, 0.6) is 0 Å². The number of hydrogen-bond donors (Lipinski definition) is 0. The van der Waals surface area contributed by atoms with E-state index in [2.05, 4.69) is 31.9 Å². The number of nitro groups is 2. The van der Waals surface area contributed by atoms with Gasteiger partial charge in [-0.25, -0.2) is 0 Å². The topological polar surface area (TPSA) is 86.3 Å². The predicted molar refractivity (Wildman–Crippen MR) is 80.6 cm³/mol. The Hall–Kier alpha value is -1.54. The molecule has 2 aromatic rings. The van der Waals surface area contributed by atoms with Gasteiger partial charge in [0.05, 0.1) is 19.5 Å². The fourth-order valence-electron chi connectivity index (χ4n) is 2.59. The van der Waals surface area contributed by atoms with E-state index in [-0.39, 0.29) is 26.4 Å². The van der Waals surface area contributed by atoms with Gasteiger partial charge in [0.1, 0.15) is 5.39 Å². The molecule has 2 atom stereocenters. The first-order chi connectivity index (χ1) is 9.43. The van der Waals surface area contributed by atoms with Crippen molar-refractivity contribution >= 4 is 54.0 Å². The van der Waals surface area contributed by atoms with Crippen molar-refractivity contribution < 1.29 is 9.85 Å². The summed E-state index contributed by atoms with van der Waals surface area (Å²) in [7, 11) is 0. The summed E-state index contributed by atoms with van der Waals surface area (Å²) in [5, 5.41) is 23.0. The third-order valence-corrected chi connectivity index (χ3v) is 6.18. The number of non-ortho nitro benzene ring substituents is 2. The molecule has 0 unspecified atom stereocenters. The monoisotopic (exact) mass is 400 g/mol. The van der Waals surface area contributed by atoms with Crippen LogP contribution in [0.4, 0.5) is 11.4 Å². The van der Waals surface area contributed by atoms with Gasteiger partial charge in [-0.05, 0) is 11.1 Å². The number of benzene rings is 2. The lowest BCUT2D eigenvalue weighted by molar-refractivity contribution is -0.390. The molecule has 0 radical (unpaired) electrons. The number of rotatable bonds is 2. The van der Waals surface area contributed by atoms with E-state index < -0.39 is 9.85 Å². The average molecular weight is 402 g/mol. The van der Waals surface area contributed by atoms with Crippen LogP contribution >= 0.6 is 31.9 Å². The van der Waals surface area contributed by atoms with Gasteiger partial charge in [-0.1, -0.05) is 44.0 Å². The molecule has 0 N–H and O–H groups in total. The molecule has 0 saturated heterocycles. The summed E-state index contributed by atoms with van der Waals surface area (Å²) in [4.78, 5) is 21.0. The van der Waals surface area contributed by atoms with Gasteiger partial charge >= 0.3 is 0 Å². The molecule has 8 heteroatoms. The van der Waals surface area contributed by atoms with Gasteiger partial charge in [-0.3, -0.25) is 20.2 Å². The van der Waals surface area contributed by atoms with Crippen LogP contribution in [0.25, 0.3) is 10.8 Å². The van der Waals surface area contributed by atoms with Gasteiger partial charge in [0.15, 0.2) is 0 Å². The molecule has 0 saturated carbocycles. The molecule has 0 spiro atoms. The predicted octanol–water partition coefficient (Wildman–Crippen LogP) is 4.54. The number of hydrogen-bond acceptors (Lipinski definition) is 4. The highest BCUT2D eigenvalue weighted by molar-refractivity contribution is 9.12. The van der Waals surface area contributed by atoms with Crippen LogP contribution in [0, 0.1) is 20.2 Å². The number of halogens is 2. The van der Waals surface area contributed by atoms with Crippen molar-refractivity contribution in [2.75, 3.05) is 0 Å². The molecule has 0 aromatic heterocycles. The Labute approximate surface area is 129 Å². The Morgan fingerprint density at radius 2 is 1.20 bits per heavy atom. The van der Waals surface area contributed by atoms with Crippen molar-refractivity contribution in [1.82, 2.24) is 0 Å². The largest absolute Gasteiger partial charge is 0.284 e. The Kier molecular flexibility index (Phi) is 3.02. The van der Waals surface area contributed by atoms with E-state index in [1.807, 2.05) is 0 Å². The van der Waals surface area contributed by atoms with Gasteiger partial charge in [-0.15, -0.1) is 0 Å². The summed E-state index contributed by atoms with van der Waals surface area (Å²) in [5.74, 6) is 0. The molecule has 1 aliphatic carbocycles. The summed E-state index contributed by atoms with van der Waals surface area (Å²) in [6.45, 7) is 0. The summed E-state index contributed by atoms with van der Waals surface area (Å²) in [6, 6.07) is 5.95. The highest BCUT2D eigenvalue weighted by Crippen LogP contribution is 2.55. The van der Waals surface area contributed by atoms with Crippen molar-refractivity contribution in [2.45, 2.75) is 9.65 Å². The average Bonchev–Trinajstić information content (AvgIpc) is 2.65. The summed E-state index contributed by atoms with van der Waals surface area (Å²) in [6.07, 6.45) is 0. The maximum atomic E-state index is 11.2. The summed E-state index contributed by atoms with van der Waals surface area (Å²) >= 11 is 7.03. The Bertz CT molecular complexity index is 717. The van der Waals surface area contributed by atoms with Crippen LogP contribution in [0.3, 0.4) is 0 Å². The first-order valence-electron chi connectivity index (χ1n) is 5.60. The lowest BCUT2D eigenvalue weighted by Gasteiger charge is -2.06. The second-order valence-electron chi connectivity index (χ2n) is 4.42. The van der Waals surface area contributed by atoms with Crippen LogP contribution in [0.1, 0.15) is 20.8 Å². The smallest absolute Gasteiger partial charge is 0.258 e. The van der Waals surface area contributed by atoms with Crippen LogP contribution in [-0.2, 0) is 0 Å². The van der Waals surface area contributed by atoms with Crippen molar-refractivity contribution in [3.8, 4) is 0 Å². The molecule has 0 fully saturated rings. The molecule has 1 aliphatic rings. The van der Waals surface area contributed by atoms with E-state index in [0.29, 0.717) is 5.39 Å². The standard InChI is InChI=1S/C12H6Br2N2O4/c13-11-5-1-3-7(15(17)18)10-8(16(19)20)4-2-6(9(5)10)12(11)14/h1-4,11-12H/t11-,12-/m0/s1. The van der Waals surface area contributed by atoms with Gasteiger partial charge in [0.2, 0.25) is 0 Å². The number of nitrogens with zero attached hydrogens (tertiary/aromatic N) is 2. The molecule has 102 valence electrons. The third kappa shape index (κ3) is 1.68. The van der Waals surface area contributed by atoms with Crippen LogP contribution in [0.15, 0.2) is 24.3 Å². The van der Waals surface area contributed by atoms with E-state index in [0.717, 1.165) is 11.1 Å². The Balaban J connectivity index is 2.53. The highest BCUT2D eigenvalue weighted by atomic mass is 79.9. The minimum atomic E-state index is -0.583. The third-order valence-electron chi connectivity index (χ3n) is 3.43.